The van der Waals surface area contributed by atoms with E-state index in [1.807, 2.05) is 77.4 Å². The fourth-order valence-corrected chi connectivity index (χ4v) is 4.54. The zero-order chi connectivity index (χ0) is 24.3. The van der Waals surface area contributed by atoms with E-state index in [4.69, 9.17) is 23.2 Å². The smallest absolute Gasteiger partial charge is 0.234 e. The van der Waals surface area contributed by atoms with Crippen LogP contribution < -0.4 is 5.32 Å². The van der Waals surface area contributed by atoms with Crippen molar-refractivity contribution in [3.05, 3.63) is 88.4 Å². The average molecular weight is 511 g/mol. The fraction of sp³-hybridized carbons (Fsp3) is 0.192. The van der Waals surface area contributed by atoms with E-state index in [2.05, 4.69) is 36.3 Å². The largest absolute Gasteiger partial charge is 0.325 e. The van der Waals surface area contributed by atoms with Crippen LogP contribution in [0.1, 0.15) is 26.3 Å². The molecule has 0 aliphatic rings. The van der Waals surface area contributed by atoms with Crippen molar-refractivity contribution in [3.8, 4) is 17.1 Å². The van der Waals surface area contributed by atoms with Gasteiger partial charge in [-0.2, -0.15) is 0 Å². The lowest BCUT2D eigenvalue weighted by Crippen LogP contribution is -2.20. The minimum Gasteiger partial charge on any atom is -0.325 e. The van der Waals surface area contributed by atoms with Gasteiger partial charge in [-0.25, -0.2) is 0 Å². The number of thioether (sulfide) groups is 1. The number of carbonyl (C=O) groups excluding carboxylic acids is 1. The number of nitrogens with one attached hydrogen (secondary N) is 1. The van der Waals surface area contributed by atoms with Crippen molar-refractivity contribution in [1.29, 1.82) is 0 Å². The molecule has 4 aromatic rings. The third kappa shape index (κ3) is 5.63. The fourth-order valence-electron chi connectivity index (χ4n) is 3.53. The molecule has 0 saturated heterocycles. The molecule has 0 saturated carbocycles. The van der Waals surface area contributed by atoms with Gasteiger partial charge >= 0.3 is 0 Å². The number of carbonyl (C=O) groups is 1. The van der Waals surface area contributed by atoms with E-state index in [0.717, 1.165) is 22.5 Å². The van der Waals surface area contributed by atoms with Crippen molar-refractivity contribution in [2.24, 2.45) is 0 Å². The van der Waals surface area contributed by atoms with Crippen LogP contribution in [0, 0.1) is 0 Å². The number of benzene rings is 3. The molecule has 3 aromatic carbocycles. The topological polar surface area (TPSA) is 59.8 Å². The van der Waals surface area contributed by atoms with Gasteiger partial charge in [-0.3, -0.25) is 9.36 Å². The average Bonchev–Trinajstić information content (AvgIpc) is 3.22. The summed E-state index contributed by atoms with van der Waals surface area (Å²) in [5, 5.41) is 13.7. The molecule has 1 heterocycles. The van der Waals surface area contributed by atoms with E-state index >= 15 is 0 Å². The molecule has 0 aliphatic heterocycles. The molecule has 174 valence electrons. The Morgan fingerprint density at radius 2 is 1.53 bits per heavy atom. The minimum absolute atomic E-state index is 0.0841. The Morgan fingerprint density at radius 1 is 0.912 bits per heavy atom. The molecule has 1 aromatic heterocycles. The van der Waals surface area contributed by atoms with E-state index < -0.39 is 0 Å². The van der Waals surface area contributed by atoms with Crippen LogP contribution in [0.3, 0.4) is 0 Å². The van der Waals surface area contributed by atoms with E-state index in [9.17, 15) is 4.79 Å². The summed E-state index contributed by atoms with van der Waals surface area (Å²) in [6, 6.07) is 22.7. The second-order valence-corrected chi connectivity index (χ2v) is 10.6. The molecule has 0 atom stereocenters. The van der Waals surface area contributed by atoms with Crippen molar-refractivity contribution in [1.82, 2.24) is 14.8 Å². The zero-order valence-corrected chi connectivity index (χ0v) is 21.4. The Balaban J connectivity index is 1.60. The summed E-state index contributed by atoms with van der Waals surface area (Å²) in [4.78, 5) is 12.9. The van der Waals surface area contributed by atoms with Crippen molar-refractivity contribution < 1.29 is 4.79 Å². The maximum Gasteiger partial charge on any atom is 0.234 e. The number of para-hydroxylation sites is 1. The summed E-state index contributed by atoms with van der Waals surface area (Å²) >= 11 is 13.5. The highest BCUT2D eigenvalue weighted by Crippen LogP contribution is 2.31. The summed E-state index contributed by atoms with van der Waals surface area (Å²) in [5.41, 5.74) is 3.53. The van der Waals surface area contributed by atoms with Gasteiger partial charge in [0.05, 0.1) is 5.75 Å². The third-order valence-electron chi connectivity index (χ3n) is 5.16. The molecular weight excluding hydrogens is 487 g/mol. The molecule has 34 heavy (non-hydrogen) atoms. The van der Waals surface area contributed by atoms with Gasteiger partial charge in [-0.1, -0.05) is 73.9 Å². The lowest BCUT2D eigenvalue weighted by molar-refractivity contribution is -0.113. The van der Waals surface area contributed by atoms with E-state index in [0.29, 0.717) is 21.0 Å². The first-order valence-corrected chi connectivity index (χ1v) is 12.5. The van der Waals surface area contributed by atoms with Gasteiger partial charge in [0.25, 0.3) is 0 Å². The number of rotatable bonds is 6. The molecule has 4 rings (SSSR count). The van der Waals surface area contributed by atoms with Crippen LogP contribution in [-0.4, -0.2) is 26.4 Å². The van der Waals surface area contributed by atoms with Gasteiger partial charge in [0.2, 0.25) is 5.91 Å². The highest BCUT2D eigenvalue weighted by Gasteiger charge is 2.20. The Kier molecular flexibility index (Phi) is 7.31. The summed E-state index contributed by atoms with van der Waals surface area (Å²) in [5.74, 6) is 0.727. The van der Waals surface area contributed by atoms with Crippen LogP contribution in [0.15, 0.2) is 78.0 Å². The highest BCUT2D eigenvalue weighted by molar-refractivity contribution is 7.99. The van der Waals surface area contributed by atoms with Crippen LogP contribution in [0.2, 0.25) is 10.0 Å². The second kappa shape index (κ2) is 10.2. The molecule has 5 nitrogen and oxygen atoms in total. The quantitative estimate of drug-likeness (QED) is 0.277. The first kappa shape index (κ1) is 24.3. The molecule has 1 amide bonds. The number of hydrogen-bond donors (Lipinski definition) is 1. The van der Waals surface area contributed by atoms with Gasteiger partial charge in [-0.15, -0.1) is 10.2 Å². The maximum absolute atomic E-state index is 12.9. The lowest BCUT2D eigenvalue weighted by atomic mass is 9.86. The number of aromatic nitrogens is 3. The lowest BCUT2D eigenvalue weighted by Gasteiger charge is -2.23. The van der Waals surface area contributed by atoms with Gasteiger partial charge < -0.3 is 5.32 Å². The Labute approximate surface area is 213 Å². The zero-order valence-electron chi connectivity index (χ0n) is 19.0. The number of nitrogens with zero attached hydrogens (tertiary/aromatic N) is 3. The Bertz CT molecular complexity index is 1300. The van der Waals surface area contributed by atoms with Crippen LogP contribution in [-0.2, 0) is 10.2 Å². The molecule has 0 aliphatic carbocycles. The standard InChI is InChI=1S/C26H24Cl2N4OS/c1-26(2,3)21-6-4-5-7-22(21)29-23(33)16-34-25-31-30-24(17-8-10-18(27)11-9-17)32(25)20-14-12-19(28)13-15-20/h4-15H,16H2,1-3H3,(H,29,33). The summed E-state index contributed by atoms with van der Waals surface area (Å²) < 4.78 is 1.92. The molecule has 0 bridgehead atoms. The van der Waals surface area contributed by atoms with Crippen LogP contribution in [0.4, 0.5) is 5.69 Å². The Morgan fingerprint density at radius 3 is 2.18 bits per heavy atom. The highest BCUT2D eigenvalue weighted by atomic mass is 35.5. The molecular formula is C26H24Cl2N4OS. The van der Waals surface area contributed by atoms with Gasteiger partial charge in [-0.05, 0) is 65.6 Å². The van der Waals surface area contributed by atoms with Crippen LogP contribution >= 0.6 is 35.0 Å². The molecule has 8 heteroatoms. The maximum atomic E-state index is 12.9. The number of halogens is 2. The first-order valence-electron chi connectivity index (χ1n) is 10.7. The predicted molar refractivity (Wildman–Crippen MR) is 141 cm³/mol. The van der Waals surface area contributed by atoms with Gasteiger partial charge in [0.1, 0.15) is 0 Å². The van der Waals surface area contributed by atoms with Crippen molar-refractivity contribution in [2.75, 3.05) is 11.1 Å². The second-order valence-electron chi connectivity index (χ2n) is 8.76. The van der Waals surface area contributed by atoms with E-state index in [-0.39, 0.29) is 17.1 Å². The Hall–Kier alpha value is -2.80. The predicted octanol–water partition coefficient (Wildman–Crippen LogP) is 7.27. The van der Waals surface area contributed by atoms with Crippen molar-refractivity contribution in [2.45, 2.75) is 31.3 Å². The monoisotopic (exact) mass is 510 g/mol. The number of amides is 1. The van der Waals surface area contributed by atoms with Gasteiger partial charge in [0, 0.05) is 27.0 Å². The van der Waals surface area contributed by atoms with Crippen LogP contribution in [0.5, 0.6) is 0 Å². The van der Waals surface area contributed by atoms with E-state index in [1.165, 1.54) is 11.8 Å². The van der Waals surface area contributed by atoms with Gasteiger partial charge in [0.15, 0.2) is 11.0 Å². The van der Waals surface area contributed by atoms with Crippen LogP contribution in [0.25, 0.3) is 17.1 Å². The molecule has 0 radical (unpaired) electrons. The van der Waals surface area contributed by atoms with Crippen molar-refractivity contribution in [3.63, 3.8) is 0 Å². The van der Waals surface area contributed by atoms with Crippen molar-refractivity contribution >= 4 is 46.6 Å². The molecule has 0 spiro atoms. The minimum atomic E-state index is -0.111. The molecule has 1 N–H and O–H groups in total. The van der Waals surface area contributed by atoms with E-state index in [1.54, 1.807) is 0 Å². The summed E-state index contributed by atoms with van der Waals surface area (Å²) in [6.07, 6.45) is 0. The summed E-state index contributed by atoms with van der Waals surface area (Å²) in [7, 11) is 0. The molecule has 0 fully saturated rings. The number of anilines is 1. The summed E-state index contributed by atoms with van der Waals surface area (Å²) in [6.45, 7) is 6.37. The first-order chi connectivity index (χ1) is 16.2. The molecule has 0 unspecified atom stereocenters. The number of hydrogen-bond acceptors (Lipinski definition) is 4. The SMILES string of the molecule is CC(C)(C)c1ccccc1NC(=O)CSc1nnc(-c2ccc(Cl)cc2)n1-c1ccc(Cl)cc1. The third-order valence-corrected chi connectivity index (χ3v) is 6.60. The normalized spacial score (nSPS) is 11.4.